The summed E-state index contributed by atoms with van der Waals surface area (Å²) in [6.45, 7) is 3.80. The molecule has 0 radical (unpaired) electrons. The van der Waals surface area contributed by atoms with Gasteiger partial charge in [-0.3, -0.25) is 0 Å². The van der Waals surface area contributed by atoms with Crippen molar-refractivity contribution < 1.29 is 25.2 Å². The SMILES string of the molecule is CC1c2ccc([C@@H]3O[C@H](CO)[C@@H](O)[C@H](O)[C@H]3O)cc2Cc2ccc3c(c21)N(Cc1ccccc1)CCC3. The summed E-state index contributed by atoms with van der Waals surface area (Å²) in [6.07, 6.45) is -2.70. The summed E-state index contributed by atoms with van der Waals surface area (Å²) >= 11 is 0. The number of rotatable bonds is 4. The van der Waals surface area contributed by atoms with Crippen LogP contribution in [0.1, 0.15) is 64.3 Å². The van der Waals surface area contributed by atoms with Gasteiger partial charge in [0.15, 0.2) is 0 Å². The number of aliphatic hydroxyl groups is 4. The van der Waals surface area contributed by atoms with Crippen molar-refractivity contribution >= 4 is 5.69 Å². The second-order valence-corrected chi connectivity index (χ2v) is 10.8. The number of aliphatic hydroxyl groups excluding tert-OH is 4. The molecule has 0 spiro atoms. The number of ether oxygens (including phenoxy) is 1. The molecule has 3 aromatic carbocycles. The minimum absolute atomic E-state index is 0.217. The molecule has 1 saturated heterocycles. The first-order valence-electron chi connectivity index (χ1n) is 13.3. The zero-order valence-corrected chi connectivity index (χ0v) is 21.1. The molecule has 2 aliphatic heterocycles. The van der Waals surface area contributed by atoms with Gasteiger partial charge in [-0.05, 0) is 58.2 Å². The van der Waals surface area contributed by atoms with Gasteiger partial charge in [0.05, 0.1) is 6.61 Å². The monoisotopic (exact) mass is 501 g/mol. The Balaban J connectivity index is 1.34. The average molecular weight is 502 g/mol. The van der Waals surface area contributed by atoms with E-state index in [1.165, 1.54) is 39.1 Å². The van der Waals surface area contributed by atoms with E-state index in [1.807, 2.05) is 6.07 Å². The van der Waals surface area contributed by atoms with Crippen molar-refractivity contribution in [3.8, 4) is 0 Å². The van der Waals surface area contributed by atoms with Gasteiger partial charge in [0.2, 0.25) is 0 Å². The van der Waals surface area contributed by atoms with Gasteiger partial charge in [-0.1, -0.05) is 67.6 Å². The van der Waals surface area contributed by atoms with E-state index in [1.54, 1.807) is 0 Å². The van der Waals surface area contributed by atoms with Crippen LogP contribution in [0.4, 0.5) is 5.69 Å². The van der Waals surface area contributed by atoms with E-state index in [0.29, 0.717) is 0 Å². The zero-order valence-electron chi connectivity index (χ0n) is 21.1. The first-order valence-corrected chi connectivity index (χ1v) is 13.3. The van der Waals surface area contributed by atoms with E-state index < -0.39 is 37.1 Å². The fourth-order valence-corrected chi connectivity index (χ4v) is 6.56. The van der Waals surface area contributed by atoms with Gasteiger partial charge in [-0.15, -0.1) is 0 Å². The first-order chi connectivity index (χ1) is 18.0. The number of nitrogens with zero attached hydrogens (tertiary/aromatic N) is 1. The lowest BCUT2D eigenvalue weighted by atomic mass is 9.75. The Morgan fingerprint density at radius 1 is 0.892 bits per heavy atom. The Kier molecular flexibility index (Phi) is 6.55. The molecule has 0 bridgehead atoms. The highest BCUT2D eigenvalue weighted by Gasteiger charge is 2.44. The van der Waals surface area contributed by atoms with E-state index in [4.69, 9.17) is 4.74 Å². The van der Waals surface area contributed by atoms with Gasteiger partial charge in [0.25, 0.3) is 0 Å². The molecule has 6 rings (SSSR count). The van der Waals surface area contributed by atoms with Crippen LogP contribution in [0.2, 0.25) is 0 Å². The summed E-state index contributed by atoms with van der Waals surface area (Å²) in [4.78, 5) is 2.55. The predicted molar refractivity (Wildman–Crippen MR) is 142 cm³/mol. The van der Waals surface area contributed by atoms with E-state index >= 15 is 0 Å². The predicted octanol–water partition coefficient (Wildman–Crippen LogP) is 3.21. The van der Waals surface area contributed by atoms with Crippen LogP contribution in [0.3, 0.4) is 0 Å². The standard InChI is InChI=1S/C31H35NO5/c1-18-24-12-11-22(31-30(36)29(35)28(34)25(17-33)37-31)15-23(24)14-21-10-9-20-8-5-13-32(27(20)26(18)21)16-19-6-3-2-4-7-19/h2-4,6-7,9-12,15,18,25,28-31,33-36H,5,8,13-14,16-17H2,1H3/t18?,25-,28-,29+,30-,31+/m1/s1. The Morgan fingerprint density at radius 2 is 1.68 bits per heavy atom. The Bertz CT molecular complexity index is 1280. The van der Waals surface area contributed by atoms with Crippen LogP contribution in [0.25, 0.3) is 0 Å². The second-order valence-electron chi connectivity index (χ2n) is 10.8. The van der Waals surface area contributed by atoms with Crippen molar-refractivity contribution in [3.05, 3.63) is 99.6 Å². The average Bonchev–Trinajstić information content (AvgIpc) is 2.92. The topological polar surface area (TPSA) is 93.4 Å². The third kappa shape index (κ3) is 4.27. The third-order valence-electron chi connectivity index (χ3n) is 8.47. The molecule has 6 nitrogen and oxygen atoms in total. The largest absolute Gasteiger partial charge is 0.394 e. The second kappa shape index (κ2) is 9.86. The molecule has 1 unspecified atom stereocenters. The summed E-state index contributed by atoms with van der Waals surface area (Å²) in [7, 11) is 0. The van der Waals surface area contributed by atoms with Crippen molar-refractivity contribution in [1.29, 1.82) is 0 Å². The summed E-state index contributed by atoms with van der Waals surface area (Å²) < 4.78 is 5.83. The Morgan fingerprint density at radius 3 is 2.46 bits per heavy atom. The number of aryl methyl sites for hydroxylation is 1. The summed E-state index contributed by atoms with van der Waals surface area (Å²) in [6, 6.07) is 21.4. The Labute approximate surface area is 217 Å². The van der Waals surface area contributed by atoms with Crippen LogP contribution in [0.15, 0.2) is 60.7 Å². The summed E-state index contributed by atoms with van der Waals surface area (Å²) in [5.74, 6) is 0.217. The zero-order chi connectivity index (χ0) is 25.7. The molecular formula is C31H35NO5. The number of fused-ring (bicyclic) bond motifs is 4. The van der Waals surface area contributed by atoms with Gasteiger partial charge >= 0.3 is 0 Å². The smallest absolute Gasteiger partial charge is 0.113 e. The van der Waals surface area contributed by atoms with Crippen molar-refractivity contribution in [1.82, 2.24) is 0 Å². The molecular weight excluding hydrogens is 466 g/mol. The maximum absolute atomic E-state index is 10.6. The highest BCUT2D eigenvalue weighted by molar-refractivity contribution is 5.69. The van der Waals surface area contributed by atoms with E-state index in [9.17, 15) is 20.4 Å². The van der Waals surface area contributed by atoms with Gasteiger partial charge < -0.3 is 30.1 Å². The quantitative estimate of drug-likeness (QED) is 0.439. The summed E-state index contributed by atoms with van der Waals surface area (Å²) in [5.41, 5.74) is 10.1. The first kappa shape index (κ1) is 24.6. The fraction of sp³-hybridized carbons (Fsp3) is 0.419. The van der Waals surface area contributed by atoms with E-state index in [-0.39, 0.29) is 5.92 Å². The number of hydrogen-bond acceptors (Lipinski definition) is 6. The lowest BCUT2D eigenvalue weighted by Crippen LogP contribution is -2.55. The maximum atomic E-state index is 10.6. The van der Waals surface area contributed by atoms with Gasteiger partial charge in [-0.2, -0.15) is 0 Å². The number of anilines is 1. The van der Waals surface area contributed by atoms with Crippen molar-refractivity contribution in [2.24, 2.45) is 0 Å². The van der Waals surface area contributed by atoms with Crippen LogP contribution in [0.5, 0.6) is 0 Å². The molecule has 0 amide bonds. The van der Waals surface area contributed by atoms with Gasteiger partial charge in [0.1, 0.15) is 30.5 Å². The van der Waals surface area contributed by atoms with Crippen LogP contribution in [0, 0.1) is 0 Å². The van der Waals surface area contributed by atoms with Crippen LogP contribution < -0.4 is 4.90 Å². The molecule has 3 aliphatic rings. The van der Waals surface area contributed by atoms with E-state index in [2.05, 4.69) is 66.4 Å². The lowest BCUT2D eigenvalue weighted by Gasteiger charge is -2.41. The van der Waals surface area contributed by atoms with Gasteiger partial charge in [0, 0.05) is 24.7 Å². The molecule has 6 atom stereocenters. The van der Waals surface area contributed by atoms with Crippen LogP contribution >= 0.6 is 0 Å². The van der Waals surface area contributed by atoms with Gasteiger partial charge in [-0.25, -0.2) is 0 Å². The number of benzene rings is 3. The molecule has 37 heavy (non-hydrogen) atoms. The molecule has 6 heteroatoms. The Hall–Kier alpha value is -2.74. The van der Waals surface area contributed by atoms with Crippen molar-refractivity contribution in [3.63, 3.8) is 0 Å². The highest BCUT2D eigenvalue weighted by Crippen LogP contribution is 2.46. The normalized spacial score (nSPS) is 28.8. The fourth-order valence-electron chi connectivity index (χ4n) is 6.56. The third-order valence-corrected chi connectivity index (χ3v) is 8.47. The van der Waals surface area contributed by atoms with E-state index in [0.717, 1.165) is 37.9 Å². The minimum Gasteiger partial charge on any atom is -0.394 e. The van der Waals surface area contributed by atoms with Crippen molar-refractivity contribution in [2.45, 2.75) is 69.2 Å². The molecule has 194 valence electrons. The molecule has 4 N–H and O–H groups in total. The maximum Gasteiger partial charge on any atom is 0.113 e. The van der Waals surface area contributed by atoms with Crippen LogP contribution in [-0.4, -0.2) is 58.0 Å². The molecule has 1 aliphatic carbocycles. The highest BCUT2D eigenvalue weighted by atomic mass is 16.5. The molecule has 1 fully saturated rings. The summed E-state index contributed by atoms with van der Waals surface area (Å²) in [5, 5.41) is 40.7. The lowest BCUT2D eigenvalue weighted by molar-refractivity contribution is -0.231. The van der Waals surface area contributed by atoms with Crippen molar-refractivity contribution in [2.75, 3.05) is 18.1 Å². The molecule has 3 aromatic rings. The molecule has 0 aromatic heterocycles. The molecule has 2 heterocycles. The minimum atomic E-state index is -1.38. The number of hydrogen-bond donors (Lipinski definition) is 4. The van der Waals surface area contributed by atoms with Crippen LogP contribution in [-0.2, 0) is 24.1 Å². The molecule has 0 saturated carbocycles.